The fraction of sp³-hybridized carbons (Fsp3) is 0.312. The molecule has 45 heavy (non-hydrogen) atoms. The van der Waals surface area contributed by atoms with Crippen LogP contribution in [0.3, 0.4) is 0 Å². The lowest BCUT2D eigenvalue weighted by molar-refractivity contribution is -0.143. The molecule has 0 radical (unpaired) electrons. The number of hydrogen-bond acceptors (Lipinski definition) is 7. The topological polar surface area (TPSA) is 103 Å². The third-order valence-electron chi connectivity index (χ3n) is 7.82. The van der Waals surface area contributed by atoms with Crippen molar-refractivity contribution in [2.45, 2.75) is 32.3 Å². The first-order chi connectivity index (χ1) is 21.5. The van der Waals surface area contributed by atoms with Crippen LogP contribution >= 0.6 is 0 Å². The number of alkyl halides is 3. The Morgan fingerprint density at radius 2 is 1.67 bits per heavy atom. The Morgan fingerprint density at radius 3 is 2.29 bits per heavy atom. The van der Waals surface area contributed by atoms with Crippen LogP contribution in [0.25, 0.3) is 10.9 Å². The molecule has 238 valence electrons. The number of fused-ring (bicyclic) bond motifs is 1. The number of benzene rings is 3. The first kappa shape index (κ1) is 32.2. The van der Waals surface area contributed by atoms with E-state index in [1.807, 2.05) is 42.2 Å². The molecule has 1 atom stereocenters. The van der Waals surface area contributed by atoms with Gasteiger partial charge in [0.15, 0.2) is 0 Å². The SMILES string of the molecule is Cc1cc(COc2ccc(N(C[C@@H](C(=O)O)N3CCN(Cc4ccc(C(F)(F)F)cc4)CC3)[SH](=O)=O)cc2)c2ccccc2n1. The minimum absolute atomic E-state index is 0.282. The summed E-state index contributed by atoms with van der Waals surface area (Å²) < 4.78 is 70.2. The number of thiol groups is 1. The second-order valence-corrected chi connectivity index (χ2v) is 11.9. The lowest BCUT2D eigenvalue weighted by atomic mass is 10.1. The van der Waals surface area contributed by atoms with Gasteiger partial charge in [-0.15, -0.1) is 0 Å². The van der Waals surface area contributed by atoms with E-state index in [0.717, 1.165) is 44.2 Å². The van der Waals surface area contributed by atoms with E-state index in [1.54, 1.807) is 29.2 Å². The van der Waals surface area contributed by atoms with Gasteiger partial charge in [-0.25, -0.2) is 8.42 Å². The Bertz CT molecular complexity index is 1700. The van der Waals surface area contributed by atoms with Crippen LogP contribution in [0.5, 0.6) is 5.75 Å². The van der Waals surface area contributed by atoms with Crippen molar-refractivity contribution in [3.8, 4) is 5.75 Å². The zero-order chi connectivity index (χ0) is 32.1. The number of ether oxygens (including phenoxy) is 1. The lowest BCUT2D eigenvalue weighted by Gasteiger charge is -2.38. The Labute approximate surface area is 260 Å². The van der Waals surface area contributed by atoms with Crippen molar-refractivity contribution in [3.05, 3.63) is 101 Å². The predicted molar refractivity (Wildman–Crippen MR) is 165 cm³/mol. The molecule has 5 rings (SSSR count). The maximum atomic E-state index is 12.9. The average Bonchev–Trinajstić information content (AvgIpc) is 3.01. The third kappa shape index (κ3) is 8.10. The number of aryl methyl sites for hydroxylation is 1. The average molecular weight is 643 g/mol. The summed E-state index contributed by atoms with van der Waals surface area (Å²) in [6.07, 6.45) is -4.40. The Morgan fingerprint density at radius 1 is 1.00 bits per heavy atom. The molecule has 0 aliphatic carbocycles. The smallest absolute Gasteiger partial charge is 0.416 e. The molecule has 0 amide bonds. The highest BCUT2D eigenvalue weighted by atomic mass is 32.2. The van der Waals surface area contributed by atoms with E-state index >= 15 is 0 Å². The largest absolute Gasteiger partial charge is 0.489 e. The van der Waals surface area contributed by atoms with E-state index in [2.05, 4.69) is 4.98 Å². The van der Waals surface area contributed by atoms with E-state index in [1.165, 1.54) is 12.1 Å². The molecule has 1 saturated heterocycles. The number of hydrogen-bond donors (Lipinski definition) is 2. The monoisotopic (exact) mass is 642 g/mol. The van der Waals surface area contributed by atoms with Gasteiger partial charge in [0.1, 0.15) is 18.4 Å². The molecule has 1 fully saturated rings. The zero-order valence-corrected chi connectivity index (χ0v) is 25.4. The number of para-hydroxylation sites is 1. The number of carbonyl (C=O) groups is 1. The van der Waals surface area contributed by atoms with Gasteiger partial charge >= 0.3 is 12.1 Å². The summed E-state index contributed by atoms with van der Waals surface area (Å²) in [4.78, 5) is 20.6. The van der Waals surface area contributed by atoms with Gasteiger partial charge in [-0.3, -0.25) is 23.9 Å². The Hall–Kier alpha value is -4.20. The molecule has 1 aliphatic rings. The summed E-state index contributed by atoms with van der Waals surface area (Å²) in [5, 5.41) is 11.0. The zero-order valence-electron chi connectivity index (χ0n) is 24.5. The quantitative estimate of drug-likeness (QED) is 0.226. The van der Waals surface area contributed by atoms with Crippen molar-refractivity contribution in [3.63, 3.8) is 0 Å². The molecule has 1 N–H and O–H groups in total. The minimum atomic E-state index is -4.40. The normalized spacial score (nSPS) is 15.3. The lowest BCUT2D eigenvalue weighted by Crippen LogP contribution is -2.55. The van der Waals surface area contributed by atoms with Gasteiger partial charge in [0.05, 0.1) is 23.3 Å². The molecule has 0 unspecified atom stereocenters. The number of piperazine rings is 1. The number of nitrogens with zero attached hydrogens (tertiary/aromatic N) is 4. The summed E-state index contributed by atoms with van der Waals surface area (Å²) in [6.45, 7) is 4.02. The van der Waals surface area contributed by atoms with Crippen LogP contribution in [-0.2, 0) is 35.0 Å². The fourth-order valence-electron chi connectivity index (χ4n) is 5.46. The second kappa shape index (κ2) is 13.8. The minimum Gasteiger partial charge on any atom is -0.489 e. The van der Waals surface area contributed by atoms with Gasteiger partial charge in [-0.1, -0.05) is 30.3 Å². The molecule has 13 heteroatoms. The van der Waals surface area contributed by atoms with Crippen LogP contribution in [-0.4, -0.2) is 73.0 Å². The molecule has 1 aromatic heterocycles. The van der Waals surface area contributed by atoms with Crippen LogP contribution in [0, 0.1) is 6.92 Å². The number of aliphatic carboxylic acids is 1. The maximum Gasteiger partial charge on any atom is 0.416 e. The highest BCUT2D eigenvalue weighted by Gasteiger charge is 2.32. The highest BCUT2D eigenvalue weighted by Crippen LogP contribution is 2.29. The van der Waals surface area contributed by atoms with Gasteiger partial charge in [0, 0.05) is 49.4 Å². The number of halogens is 3. The first-order valence-corrected chi connectivity index (χ1v) is 15.5. The van der Waals surface area contributed by atoms with E-state index in [-0.39, 0.29) is 13.2 Å². The van der Waals surface area contributed by atoms with Crippen molar-refractivity contribution >= 4 is 33.4 Å². The van der Waals surface area contributed by atoms with Crippen molar-refractivity contribution in [1.29, 1.82) is 0 Å². The third-order valence-corrected chi connectivity index (χ3v) is 8.61. The number of aromatic nitrogens is 1. The highest BCUT2D eigenvalue weighted by molar-refractivity contribution is 7.74. The number of carboxylic acid groups (broad SMARTS) is 1. The number of anilines is 1. The first-order valence-electron chi connectivity index (χ1n) is 14.3. The molecular weight excluding hydrogens is 609 g/mol. The van der Waals surface area contributed by atoms with Gasteiger partial charge in [0.2, 0.25) is 10.9 Å². The van der Waals surface area contributed by atoms with E-state index in [4.69, 9.17) is 4.74 Å². The van der Waals surface area contributed by atoms with Crippen LogP contribution in [0.4, 0.5) is 18.9 Å². The second-order valence-electron chi connectivity index (χ2n) is 10.9. The molecule has 1 aliphatic heterocycles. The van der Waals surface area contributed by atoms with Crippen molar-refractivity contribution < 1.29 is 36.2 Å². The maximum absolute atomic E-state index is 12.9. The summed E-state index contributed by atoms with van der Waals surface area (Å²) in [5.41, 5.74) is 3.03. The molecule has 0 bridgehead atoms. The fourth-order valence-corrected chi connectivity index (χ4v) is 6.07. The Kier molecular flexibility index (Phi) is 9.90. The van der Waals surface area contributed by atoms with E-state index < -0.39 is 34.6 Å². The van der Waals surface area contributed by atoms with Crippen molar-refractivity contribution in [2.75, 3.05) is 37.0 Å². The van der Waals surface area contributed by atoms with Gasteiger partial charge in [-0.05, 0) is 61.0 Å². The summed E-state index contributed by atoms with van der Waals surface area (Å²) in [5.74, 6) is -0.620. The van der Waals surface area contributed by atoms with E-state index in [9.17, 15) is 31.5 Å². The molecule has 2 heterocycles. The standard InChI is InChI=1S/C32H33F3N4O5S/c1-22-18-24(28-4-2-3-5-29(28)36-22)21-44-27-12-10-26(11-13-27)39(45(42)43)20-30(31(40)41)38-16-14-37(15-17-38)19-23-6-8-25(9-7-23)32(33,34)35/h2-13,18,30,45H,14-17,19-21H2,1H3,(H,40,41)/t30-/m0/s1. The van der Waals surface area contributed by atoms with Crippen molar-refractivity contribution in [2.24, 2.45) is 0 Å². The van der Waals surface area contributed by atoms with Gasteiger partial charge in [-0.2, -0.15) is 13.2 Å². The van der Waals surface area contributed by atoms with E-state index in [0.29, 0.717) is 44.2 Å². The Balaban J connectivity index is 1.19. The number of carboxylic acids is 1. The number of rotatable bonds is 11. The molecular formula is C32H33F3N4O5S. The molecule has 0 spiro atoms. The van der Waals surface area contributed by atoms with Crippen LogP contribution < -0.4 is 9.04 Å². The predicted octanol–water partition coefficient (Wildman–Crippen LogP) is 4.74. The van der Waals surface area contributed by atoms with Crippen LogP contribution in [0.15, 0.2) is 78.9 Å². The molecule has 3 aromatic carbocycles. The van der Waals surface area contributed by atoms with Gasteiger partial charge < -0.3 is 9.84 Å². The molecule has 9 nitrogen and oxygen atoms in total. The number of pyridine rings is 1. The summed E-state index contributed by atoms with van der Waals surface area (Å²) >= 11 is 0. The van der Waals surface area contributed by atoms with Crippen LogP contribution in [0.2, 0.25) is 0 Å². The van der Waals surface area contributed by atoms with Crippen LogP contribution in [0.1, 0.15) is 22.4 Å². The van der Waals surface area contributed by atoms with Crippen molar-refractivity contribution in [1.82, 2.24) is 14.8 Å². The molecule has 4 aromatic rings. The summed E-state index contributed by atoms with van der Waals surface area (Å²) in [6, 6.07) is 20.1. The summed E-state index contributed by atoms with van der Waals surface area (Å²) in [7, 11) is -3.14. The molecule has 0 saturated carbocycles. The van der Waals surface area contributed by atoms with Gasteiger partial charge in [0.25, 0.3) is 0 Å².